The van der Waals surface area contributed by atoms with E-state index < -0.39 is 0 Å². The van der Waals surface area contributed by atoms with Crippen LogP contribution in [0.3, 0.4) is 0 Å². The van der Waals surface area contributed by atoms with Crippen molar-refractivity contribution in [3.63, 3.8) is 0 Å². The van der Waals surface area contributed by atoms with Crippen LogP contribution in [-0.2, 0) is 12.8 Å². The highest BCUT2D eigenvalue weighted by Gasteiger charge is 2.10. The lowest BCUT2D eigenvalue weighted by molar-refractivity contribution is 0.489. The molecule has 1 heteroatoms. The molecule has 0 heterocycles. The first kappa shape index (κ1) is 12.3. The Labute approximate surface area is 93.7 Å². The summed E-state index contributed by atoms with van der Waals surface area (Å²) in [5.41, 5.74) is 9.01. The SMILES string of the molecule is CCCc1ccccc1CC(N)C(C)C. The molecule has 1 rings (SSSR count). The fourth-order valence-corrected chi connectivity index (χ4v) is 1.76. The predicted molar refractivity (Wildman–Crippen MR) is 67.0 cm³/mol. The van der Waals surface area contributed by atoms with Gasteiger partial charge in [0, 0.05) is 6.04 Å². The van der Waals surface area contributed by atoms with Crippen molar-refractivity contribution in [3.8, 4) is 0 Å². The summed E-state index contributed by atoms with van der Waals surface area (Å²) in [5.74, 6) is 0.555. The van der Waals surface area contributed by atoms with Crippen molar-refractivity contribution < 1.29 is 0 Å². The van der Waals surface area contributed by atoms with E-state index in [4.69, 9.17) is 5.73 Å². The summed E-state index contributed by atoms with van der Waals surface area (Å²) >= 11 is 0. The number of hydrogen-bond acceptors (Lipinski definition) is 1. The van der Waals surface area contributed by atoms with Gasteiger partial charge in [0.15, 0.2) is 0 Å². The van der Waals surface area contributed by atoms with Gasteiger partial charge in [0.05, 0.1) is 0 Å². The molecule has 1 unspecified atom stereocenters. The maximum absolute atomic E-state index is 6.11. The maximum atomic E-state index is 6.11. The number of benzene rings is 1. The van der Waals surface area contributed by atoms with E-state index in [1.54, 1.807) is 0 Å². The monoisotopic (exact) mass is 205 g/mol. The molecule has 0 saturated heterocycles. The molecule has 0 spiro atoms. The lowest BCUT2D eigenvalue weighted by Gasteiger charge is -2.17. The summed E-state index contributed by atoms with van der Waals surface area (Å²) in [7, 11) is 0. The fourth-order valence-electron chi connectivity index (χ4n) is 1.76. The molecule has 0 fully saturated rings. The molecule has 0 aliphatic rings. The Morgan fingerprint density at radius 2 is 1.73 bits per heavy atom. The van der Waals surface area contributed by atoms with E-state index in [0.717, 1.165) is 6.42 Å². The molecule has 1 atom stereocenters. The van der Waals surface area contributed by atoms with Crippen molar-refractivity contribution in [1.82, 2.24) is 0 Å². The first-order chi connectivity index (χ1) is 7.15. The Morgan fingerprint density at radius 3 is 2.27 bits per heavy atom. The standard InChI is InChI=1S/C14H23N/c1-4-7-12-8-5-6-9-13(12)10-14(15)11(2)3/h5-6,8-9,11,14H,4,7,10,15H2,1-3H3. The molecule has 0 aromatic heterocycles. The molecule has 84 valence electrons. The third-order valence-electron chi connectivity index (χ3n) is 2.95. The Kier molecular flexibility index (Phi) is 4.83. The zero-order valence-electron chi connectivity index (χ0n) is 10.2. The van der Waals surface area contributed by atoms with Crippen molar-refractivity contribution in [3.05, 3.63) is 35.4 Å². The molecule has 0 amide bonds. The molecule has 0 bridgehead atoms. The Hall–Kier alpha value is -0.820. The van der Waals surface area contributed by atoms with E-state index in [0.29, 0.717) is 5.92 Å². The highest BCUT2D eigenvalue weighted by molar-refractivity contribution is 5.28. The summed E-state index contributed by atoms with van der Waals surface area (Å²) < 4.78 is 0. The molecule has 1 aromatic rings. The normalized spacial score (nSPS) is 13.1. The second-order valence-electron chi connectivity index (χ2n) is 4.63. The Bertz CT molecular complexity index is 291. The van der Waals surface area contributed by atoms with Gasteiger partial charge in [0.25, 0.3) is 0 Å². The van der Waals surface area contributed by atoms with Gasteiger partial charge in [-0.25, -0.2) is 0 Å². The van der Waals surface area contributed by atoms with Crippen molar-refractivity contribution in [1.29, 1.82) is 0 Å². The lowest BCUT2D eigenvalue weighted by atomic mass is 9.93. The highest BCUT2D eigenvalue weighted by atomic mass is 14.6. The maximum Gasteiger partial charge on any atom is 0.0103 e. The van der Waals surface area contributed by atoms with Crippen molar-refractivity contribution in [2.24, 2.45) is 11.7 Å². The summed E-state index contributed by atoms with van der Waals surface area (Å²) in [4.78, 5) is 0. The quantitative estimate of drug-likeness (QED) is 0.785. The fraction of sp³-hybridized carbons (Fsp3) is 0.571. The van der Waals surface area contributed by atoms with Crippen LogP contribution in [-0.4, -0.2) is 6.04 Å². The molecule has 2 N–H and O–H groups in total. The predicted octanol–water partition coefficient (Wildman–Crippen LogP) is 3.16. The molecular weight excluding hydrogens is 182 g/mol. The van der Waals surface area contributed by atoms with Gasteiger partial charge in [-0.05, 0) is 29.9 Å². The smallest absolute Gasteiger partial charge is 0.0103 e. The van der Waals surface area contributed by atoms with Gasteiger partial charge in [0.2, 0.25) is 0 Å². The Morgan fingerprint density at radius 1 is 1.13 bits per heavy atom. The summed E-state index contributed by atoms with van der Waals surface area (Å²) in [6.07, 6.45) is 3.38. The lowest BCUT2D eigenvalue weighted by Crippen LogP contribution is -2.29. The van der Waals surface area contributed by atoms with Crippen molar-refractivity contribution in [2.45, 2.75) is 46.1 Å². The van der Waals surface area contributed by atoms with Gasteiger partial charge in [-0.1, -0.05) is 51.5 Å². The average molecular weight is 205 g/mol. The van der Waals surface area contributed by atoms with Gasteiger partial charge < -0.3 is 5.73 Å². The van der Waals surface area contributed by atoms with Gasteiger partial charge in [0.1, 0.15) is 0 Å². The number of rotatable bonds is 5. The Balaban J connectivity index is 2.74. The molecule has 1 nitrogen and oxygen atoms in total. The zero-order chi connectivity index (χ0) is 11.3. The molecular formula is C14H23N. The summed E-state index contributed by atoms with van der Waals surface area (Å²) in [5, 5.41) is 0. The number of aryl methyl sites for hydroxylation is 1. The van der Waals surface area contributed by atoms with E-state index >= 15 is 0 Å². The van der Waals surface area contributed by atoms with E-state index in [1.165, 1.54) is 24.0 Å². The van der Waals surface area contributed by atoms with Crippen LogP contribution in [0.2, 0.25) is 0 Å². The second kappa shape index (κ2) is 5.92. The zero-order valence-corrected chi connectivity index (χ0v) is 10.2. The largest absolute Gasteiger partial charge is 0.327 e. The van der Waals surface area contributed by atoms with Gasteiger partial charge in [-0.2, -0.15) is 0 Å². The van der Waals surface area contributed by atoms with Crippen LogP contribution >= 0.6 is 0 Å². The van der Waals surface area contributed by atoms with Crippen LogP contribution in [0.1, 0.15) is 38.3 Å². The number of nitrogens with two attached hydrogens (primary N) is 1. The van der Waals surface area contributed by atoms with Crippen LogP contribution in [0.4, 0.5) is 0 Å². The molecule has 1 aromatic carbocycles. The van der Waals surface area contributed by atoms with E-state index in [1.807, 2.05) is 0 Å². The molecule has 0 saturated carbocycles. The second-order valence-corrected chi connectivity index (χ2v) is 4.63. The minimum Gasteiger partial charge on any atom is -0.327 e. The third-order valence-corrected chi connectivity index (χ3v) is 2.95. The van der Waals surface area contributed by atoms with Crippen molar-refractivity contribution in [2.75, 3.05) is 0 Å². The van der Waals surface area contributed by atoms with Crippen LogP contribution in [0.5, 0.6) is 0 Å². The van der Waals surface area contributed by atoms with Gasteiger partial charge >= 0.3 is 0 Å². The first-order valence-electron chi connectivity index (χ1n) is 5.97. The van der Waals surface area contributed by atoms with Crippen LogP contribution in [0.15, 0.2) is 24.3 Å². The van der Waals surface area contributed by atoms with E-state index in [-0.39, 0.29) is 6.04 Å². The third kappa shape index (κ3) is 3.67. The van der Waals surface area contributed by atoms with E-state index in [9.17, 15) is 0 Å². The highest BCUT2D eigenvalue weighted by Crippen LogP contribution is 2.15. The van der Waals surface area contributed by atoms with Crippen molar-refractivity contribution >= 4 is 0 Å². The minimum absolute atomic E-state index is 0.281. The molecule has 0 aliphatic carbocycles. The van der Waals surface area contributed by atoms with Gasteiger partial charge in [-0.3, -0.25) is 0 Å². The minimum atomic E-state index is 0.281. The van der Waals surface area contributed by atoms with Gasteiger partial charge in [-0.15, -0.1) is 0 Å². The van der Waals surface area contributed by atoms with Crippen LogP contribution < -0.4 is 5.73 Å². The summed E-state index contributed by atoms with van der Waals surface area (Å²) in [6.45, 7) is 6.60. The summed E-state index contributed by atoms with van der Waals surface area (Å²) in [6, 6.07) is 8.96. The molecule has 0 radical (unpaired) electrons. The molecule has 0 aliphatic heterocycles. The number of hydrogen-bond donors (Lipinski definition) is 1. The average Bonchev–Trinajstić information content (AvgIpc) is 2.21. The first-order valence-corrected chi connectivity index (χ1v) is 5.97. The van der Waals surface area contributed by atoms with Crippen LogP contribution in [0.25, 0.3) is 0 Å². The van der Waals surface area contributed by atoms with Crippen LogP contribution in [0, 0.1) is 5.92 Å². The van der Waals surface area contributed by atoms with E-state index in [2.05, 4.69) is 45.0 Å². The topological polar surface area (TPSA) is 26.0 Å². The molecule has 15 heavy (non-hydrogen) atoms.